The lowest BCUT2D eigenvalue weighted by molar-refractivity contribution is -0.143. The maximum atomic E-state index is 14.0. The van der Waals surface area contributed by atoms with E-state index < -0.39 is 36.0 Å². The van der Waals surface area contributed by atoms with Crippen molar-refractivity contribution in [1.82, 2.24) is 25.8 Å². The van der Waals surface area contributed by atoms with E-state index >= 15 is 0 Å². The first-order chi connectivity index (χ1) is 21.3. The highest BCUT2D eigenvalue weighted by Crippen LogP contribution is 2.23. The number of H-pyrrole nitrogens is 1. The molecule has 0 aliphatic carbocycles. The van der Waals surface area contributed by atoms with Gasteiger partial charge in [0.15, 0.2) is 0 Å². The molecular formula is C35H39N5O4. The Morgan fingerprint density at radius 2 is 1.55 bits per heavy atom. The van der Waals surface area contributed by atoms with Crippen LogP contribution in [0, 0.1) is 0 Å². The highest BCUT2D eigenvalue weighted by Gasteiger charge is 2.40. The molecule has 3 aromatic rings. The molecule has 2 saturated heterocycles. The van der Waals surface area contributed by atoms with Gasteiger partial charge in [-0.25, -0.2) is 0 Å². The van der Waals surface area contributed by atoms with Crippen molar-refractivity contribution < 1.29 is 19.2 Å². The van der Waals surface area contributed by atoms with Gasteiger partial charge in [0.2, 0.25) is 23.6 Å². The van der Waals surface area contributed by atoms with Crippen LogP contribution >= 0.6 is 0 Å². The molecule has 0 saturated carbocycles. The van der Waals surface area contributed by atoms with E-state index in [2.05, 4.69) is 27.5 Å². The summed E-state index contributed by atoms with van der Waals surface area (Å²) >= 11 is 0. The van der Waals surface area contributed by atoms with Crippen molar-refractivity contribution in [3.63, 3.8) is 0 Å². The second-order valence-corrected chi connectivity index (χ2v) is 11.4. The van der Waals surface area contributed by atoms with Crippen LogP contribution in [0.5, 0.6) is 0 Å². The Hall–Kier alpha value is -4.92. The average molecular weight is 594 g/mol. The maximum absolute atomic E-state index is 14.0. The number of carbonyl (C=O) groups excluding carboxylic acids is 4. The Labute approximate surface area is 257 Å². The number of allylic oxidation sites excluding steroid dienone is 4. The molecule has 2 aliphatic heterocycles. The molecule has 5 rings (SSSR count). The number of aromatic amines is 1. The quantitative estimate of drug-likeness (QED) is 0.299. The number of nitrogens with one attached hydrogen (secondary N) is 4. The van der Waals surface area contributed by atoms with Gasteiger partial charge in [0.05, 0.1) is 0 Å². The minimum atomic E-state index is -1.01. The van der Waals surface area contributed by atoms with Gasteiger partial charge in [0.1, 0.15) is 24.2 Å². The first-order valence-corrected chi connectivity index (χ1v) is 15.1. The minimum absolute atomic E-state index is 0.161. The third kappa shape index (κ3) is 7.16. The molecule has 44 heavy (non-hydrogen) atoms. The van der Waals surface area contributed by atoms with E-state index in [0.717, 1.165) is 22.0 Å². The molecule has 0 spiro atoms. The van der Waals surface area contributed by atoms with Crippen LogP contribution in [0.3, 0.4) is 0 Å². The lowest BCUT2D eigenvalue weighted by Crippen LogP contribution is -2.62. The maximum Gasteiger partial charge on any atom is 0.246 e. The van der Waals surface area contributed by atoms with E-state index in [9.17, 15) is 19.2 Å². The number of carbonyl (C=O) groups is 4. The standard InChI is InChI=1S/C35H39N5O4/c1-3-4-6-12-23(2)19-30-35(44)40-18-11-17-31(40)34(43)38-28(20-24-13-7-5-8-14-24)32(41)37-29(33(42)39-30)21-25-22-36-27-16-10-9-15-26(25)27/h3-10,12-16,22,28-31,36H,2,11,17-21H2,1H3,(H,37,41)(H,38,43)(H,39,42)/b4-3-,12-6-/t28-,29-,30-,31+/m0/s1. The Bertz CT molecular complexity index is 1590. The molecule has 0 bridgehead atoms. The number of nitrogens with zero attached hydrogens (tertiary/aromatic N) is 1. The van der Waals surface area contributed by atoms with Crippen LogP contribution in [0.2, 0.25) is 0 Å². The number of fused-ring (bicyclic) bond motifs is 2. The predicted octanol–water partition coefficient (Wildman–Crippen LogP) is 3.49. The van der Waals surface area contributed by atoms with Crippen LogP contribution in [0.4, 0.5) is 0 Å². The fraction of sp³-hybridized carbons (Fsp3) is 0.314. The van der Waals surface area contributed by atoms with Crippen molar-refractivity contribution >= 4 is 34.5 Å². The zero-order valence-electron chi connectivity index (χ0n) is 24.9. The summed E-state index contributed by atoms with van der Waals surface area (Å²) < 4.78 is 0. The third-order valence-electron chi connectivity index (χ3n) is 8.20. The number of benzene rings is 2. The lowest BCUT2D eigenvalue weighted by atomic mass is 9.99. The molecule has 2 fully saturated rings. The van der Waals surface area contributed by atoms with Gasteiger partial charge in [0.25, 0.3) is 0 Å². The summed E-state index contributed by atoms with van der Waals surface area (Å²) in [5.74, 6) is -1.66. The molecule has 2 aliphatic rings. The first-order valence-electron chi connectivity index (χ1n) is 15.1. The van der Waals surface area contributed by atoms with Crippen LogP contribution in [0.15, 0.2) is 97.3 Å². The number of rotatable bonds is 8. The molecule has 9 nitrogen and oxygen atoms in total. The highest BCUT2D eigenvalue weighted by molar-refractivity contribution is 5.98. The minimum Gasteiger partial charge on any atom is -0.361 e. The Kier molecular flexibility index (Phi) is 9.74. The molecule has 0 radical (unpaired) electrons. The molecule has 2 aromatic carbocycles. The van der Waals surface area contributed by atoms with Crippen molar-refractivity contribution in [2.75, 3.05) is 6.54 Å². The number of aromatic nitrogens is 1. The Balaban J connectivity index is 1.50. The first kappa shape index (κ1) is 30.5. The second-order valence-electron chi connectivity index (χ2n) is 11.4. The molecule has 4 amide bonds. The summed E-state index contributed by atoms with van der Waals surface area (Å²) in [5, 5.41) is 9.70. The monoisotopic (exact) mass is 593 g/mol. The van der Waals surface area contributed by atoms with Crippen LogP contribution in [0.25, 0.3) is 10.9 Å². The molecule has 1 aromatic heterocycles. The van der Waals surface area contributed by atoms with Crippen LogP contribution < -0.4 is 16.0 Å². The molecule has 9 heteroatoms. The van der Waals surface area contributed by atoms with Gasteiger partial charge in [-0.1, -0.05) is 85.0 Å². The van der Waals surface area contributed by atoms with E-state index in [1.54, 1.807) is 6.08 Å². The van der Waals surface area contributed by atoms with Gasteiger partial charge in [-0.05, 0) is 37.0 Å². The van der Waals surface area contributed by atoms with Gasteiger partial charge in [-0.2, -0.15) is 0 Å². The number of hydrogen-bond acceptors (Lipinski definition) is 4. The summed E-state index contributed by atoms with van der Waals surface area (Å²) in [7, 11) is 0. The van der Waals surface area contributed by atoms with Crippen molar-refractivity contribution in [2.45, 2.75) is 63.2 Å². The summed E-state index contributed by atoms with van der Waals surface area (Å²) in [5.41, 5.74) is 3.27. The second kappa shape index (κ2) is 14.0. The third-order valence-corrected chi connectivity index (χ3v) is 8.20. The summed E-state index contributed by atoms with van der Waals surface area (Å²) in [6.45, 7) is 6.38. The smallest absolute Gasteiger partial charge is 0.246 e. The van der Waals surface area contributed by atoms with Crippen molar-refractivity contribution in [2.24, 2.45) is 0 Å². The van der Waals surface area contributed by atoms with E-state index in [4.69, 9.17) is 0 Å². The van der Waals surface area contributed by atoms with Crippen molar-refractivity contribution in [3.8, 4) is 0 Å². The summed E-state index contributed by atoms with van der Waals surface area (Å²) in [6, 6.07) is 13.5. The Morgan fingerprint density at radius 1 is 0.864 bits per heavy atom. The van der Waals surface area contributed by atoms with Gasteiger partial charge in [0, 0.05) is 42.9 Å². The normalized spacial score (nSPS) is 23.2. The average Bonchev–Trinajstić information content (AvgIpc) is 3.68. The van der Waals surface area contributed by atoms with E-state index in [-0.39, 0.29) is 31.1 Å². The topological polar surface area (TPSA) is 123 Å². The van der Waals surface area contributed by atoms with Gasteiger partial charge in [-0.3, -0.25) is 19.2 Å². The number of amides is 4. The Morgan fingerprint density at radius 3 is 2.32 bits per heavy atom. The van der Waals surface area contributed by atoms with Crippen LogP contribution in [-0.4, -0.2) is 64.2 Å². The molecule has 3 heterocycles. The van der Waals surface area contributed by atoms with Crippen molar-refractivity contribution in [1.29, 1.82) is 0 Å². The van der Waals surface area contributed by atoms with Crippen LogP contribution in [-0.2, 0) is 32.0 Å². The fourth-order valence-corrected chi connectivity index (χ4v) is 5.94. The zero-order chi connectivity index (χ0) is 31.1. The molecule has 228 valence electrons. The number of hydrogen-bond donors (Lipinski definition) is 4. The van der Waals surface area contributed by atoms with E-state index in [1.807, 2.05) is 85.9 Å². The zero-order valence-corrected chi connectivity index (χ0v) is 24.9. The molecule has 0 unspecified atom stereocenters. The fourth-order valence-electron chi connectivity index (χ4n) is 5.94. The molecule has 4 N–H and O–H groups in total. The van der Waals surface area contributed by atoms with Crippen LogP contribution in [0.1, 0.15) is 37.3 Å². The molecular weight excluding hydrogens is 554 g/mol. The summed E-state index contributed by atoms with van der Waals surface area (Å²) in [4.78, 5) is 60.3. The highest BCUT2D eigenvalue weighted by atomic mass is 16.2. The van der Waals surface area contributed by atoms with Gasteiger partial charge < -0.3 is 25.8 Å². The number of para-hydroxylation sites is 1. The largest absolute Gasteiger partial charge is 0.361 e. The van der Waals surface area contributed by atoms with E-state index in [0.29, 0.717) is 25.0 Å². The SMILES string of the molecule is C=C(/C=C\C=C/C)C[C@@H]1NC(=O)[C@H](Cc2c[nH]c3ccccc23)NC(=O)[C@H](Cc2ccccc2)NC(=O)[C@H]2CCCN2C1=O. The summed E-state index contributed by atoms with van der Waals surface area (Å²) in [6.07, 6.45) is 10.9. The molecule has 4 atom stereocenters. The van der Waals surface area contributed by atoms with Gasteiger partial charge in [-0.15, -0.1) is 0 Å². The van der Waals surface area contributed by atoms with Crippen molar-refractivity contribution in [3.05, 3.63) is 108 Å². The van der Waals surface area contributed by atoms with Gasteiger partial charge >= 0.3 is 0 Å². The predicted molar refractivity (Wildman–Crippen MR) is 170 cm³/mol. The lowest BCUT2D eigenvalue weighted by Gasteiger charge is -2.32. The van der Waals surface area contributed by atoms with E-state index in [1.165, 1.54) is 4.90 Å².